The van der Waals surface area contributed by atoms with E-state index in [2.05, 4.69) is 11.9 Å². The van der Waals surface area contributed by atoms with Crippen molar-refractivity contribution in [1.29, 1.82) is 0 Å². The Kier molecular flexibility index (Phi) is 16.4. The average Bonchev–Trinajstić information content (AvgIpc) is 3.14. The maximum Gasteiger partial charge on any atom is 0.472 e. The van der Waals surface area contributed by atoms with Crippen molar-refractivity contribution in [3.8, 4) is 0 Å². The Balaban J connectivity index is 1.57. The van der Waals surface area contributed by atoms with E-state index in [1.807, 2.05) is 0 Å². The predicted octanol–water partition coefficient (Wildman–Crippen LogP) is 4.09. The topological polar surface area (TPSA) is 178 Å². The van der Waals surface area contributed by atoms with E-state index < -0.39 is 50.1 Å². The van der Waals surface area contributed by atoms with Crippen LogP contribution in [0.3, 0.4) is 0 Å². The fourth-order valence-corrected chi connectivity index (χ4v) is 5.76. The van der Waals surface area contributed by atoms with Crippen LogP contribution in [0.25, 0.3) is 0 Å². The fraction of sp³-hybridized carbons (Fsp3) is 0.852. The summed E-state index contributed by atoms with van der Waals surface area (Å²) >= 11 is 5.10. The molecule has 14 heteroatoms. The average molecular weight is 624 g/mol. The van der Waals surface area contributed by atoms with Crippen LogP contribution in [0, 0.1) is 4.77 Å². The van der Waals surface area contributed by atoms with E-state index in [4.69, 9.17) is 36.5 Å². The van der Waals surface area contributed by atoms with Crippen LogP contribution in [0.4, 0.5) is 0 Å². The SMILES string of the molecule is CCCCCCCCCCCCCCOC[C@H](N)COP(=O)(O)OC[C@H]1O[C@@H](n2ccc(=O)[nH]c2=S)[C@](C)(O)C1O. The smallest absolute Gasteiger partial charge is 0.387 e. The van der Waals surface area contributed by atoms with Crippen LogP contribution in [0.5, 0.6) is 0 Å². The van der Waals surface area contributed by atoms with Gasteiger partial charge in [0, 0.05) is 18.9 Å². The number of aromatic amines is 1. The monoisotopic (exact) mass is 623 g/mol. The Morgan fingerprint density at radius 3 is 2.27 bits per heavy atom. The van der Waals surface area contributed by atoms with Gasteiger partial charge in [0.25, 0.3) is 5.56 Å². The van der Waals surface area contributed by atoms with Crippen molar-refractivity contribution in [2.24, 2.45) is 5.73 Å². The molecule has 0 aliphatic carbocycles. The number of rotatable bonds is 22. The third-order valence-electron chi connectivity index (χ3n) is 7.19. The lowest BCUT2D eigenvalue weighted by molar-refractivity contribution is -0.0978. The molecule has 12 nitrogen and oxygen atoms in total. The van der Waals surface area contributed by atoms with Crippen LogP contribution in [-0.4, -0.2) is 74.9 Å². The maximum absolute atomic E-state index is 12.3. The zero-order chi connectivity index (χ0) is 30.3. The molecule has 1 fully saturated rings. The molecule has 2 rings (SSSR count). The molecule has 1 aliphatic rings. The van der Waals surface area contributed by atoms with Crippen molar-refractivity contribution >= 4 is 20.0 Å². The number of aliphatic hydroxyl groups excluding tert-OH is 1. The summed E-state index contributed by atoms with van der Waals surface area (Å²) in [7, 11) is -4.53. The number of hydrogen-bond acceptors (Lipinski definition) is 10. The molecule has 1 aromatic heterocycles. The second kappa shape index (κ2) is 18.6. The quantitative estimate of drug-likeness (QED) is 0.0714. The second-order valence-corrected chi connectivity index (χ2v) is 12.8. The summed E-state index contributed by atoms with van der Waals surface area (Å²) in [5, 5.41) is 21.3. The third kappa shape index (κ3) is 13.0. The van der Waals surface area contributed by atoms with E-state index in [1.165, 1.54) is 88.0 Å². The van der Waals surface area contributed by atoms with Crippen LogP contribution in [-0.2, 0) is 23.1 Å². The first-order chi connectivity index (χ1) is 19.5. The standard InChI is InChI=1S/C27H50N3O9PS/c1-3-4-5-6-7-8-9-10-11-12-13-14-17-36-18-21(28)19-37-40(34,35)38-20-22-24(32)27(2,33)25(39-22)30-16-15-23(31)29-26(30)41/h15-16,21-22,24-25,32-33H,3-14,17-20,28H2,1-2H3,(H,34,35)(H,29,31,41)/t21-,22+,24?,25+,27+/m0/s1. The number of aromatic nitrogens is 2. The van der Waals surface area contributed by atoms with E-state index in [1.54, 1.807) is 0 Å². The molecule has 1 saturated heterocycles. The van der Waals surface area contributed by atoms with E-state index in [-0.39, 0.29) is 18.0 Å². The lowest BCUT2D eigenvalue weighted by Crippen LogP contribution is -2.44. The first kappa shape index (κ1) is 36.2. The van der Waals surface area contributed by atoms with Crippen molar-refractivity contribution < 1.29 is 38.2 Å². The highest BCUT2D eigenvalue weighted by Crippen LogP contribution is 2.45. The Labute approximate surface area is 248 Å². The molecular weight excluding hydrogens is 573 g/mol. The second-order valence-electron chi connectivity index (χ2n) is 11.0. The number of unbranched alkanes of at least 4 members (excludes halogenated alkanes) is 11. The number of ether oxygens (including phenoxy) is 2. The van der Waals surface area contributed by atoms with Gasteiger partial charge in [0.05, 0.1) is 25.9 Å². The van der Waals surface area contributed by atoms with E-state index in [9.17, 15) is 24.5 Å². The number of nitrogens with two attached hydrogens (primary N) is 1. The Morgan fingerprint density at radius 2 is 1.68 bits per heavy atom. The minimum atomic E-state index is -4.53. The van der Waals surface area contributed by atoms with Gasteiger partial charge in [-0.15, -0.1) is 0 Å². The van der Waals surface area contributed by atoms with Crippen LogP contribution in [0.15, 0.2) is 17.1 Å². The van der Waals surface area contributed by atoms with E-state index in [0.29, 0.717) is 6.61 Å². The molecule has 0 radical (unpaired) electrons. The number of H-pyrrole nitrogens is 1. The molecule has 0 saturated carbocycles. The molecule has 0 spiro atoms. The molecular formula is C27H50N3O9PS. The molecule has 0 amide bonds. The minimum absolute atomic E-state index is 0.0253. The molecule has 238 valence electrons. The zero-order valence-electron chi connectivity index (χ0n) is 24.4. The van der Waals surface area contributed by atoms with Crippen LogP contribution in [0.2, 0.25) is 0 Å². The lowest BCUT2D eigenvalue weighted by atomic mass is 9.96. The largest absolute Gasteiger partial charge is 0.472 e. The Bertz CT molecular complexity index is 1040. The maximum atomic E-state index is 12.3. The number of hydrogen-bond donors (Lipinski definition) is 5. The van der Waals surface area contributed by atoms with Crippen molar-refractivity contribution in [2.45, 2.75) is 121 Å². The highest BCUT2D eigenvalue weighted by atomic mass is 32.1. The van der Waals surface area contributed by atoms with Crippen molar-refractivity contribution in [1.82, 2.24) is 9.55 Å². The molecule has 41 heavy (non-hydrogen) atoms. The van der Waals surface area contributed by atoms with Gasteiger partial charge in [0.15, 0.2) is 11.0 Å². The van der Waals surface area contributed by atoms with Crippen LogP contribution < -0.4 is 11.3 Å². The molecule has 0 aromatic carbocycles. The van der Waals surface area contributed by atoms with E-state index >= 15 is 0 Å². The van der Waals surface area contributed by atoms with Crippen LogP contribution >= 0.6 is 20.0 Å². The van der Waals surface area contributed by atoms with E-state index in [0.717, 1.165) is 12.8 Å². The van der Waals surface area contributed by atoms with Crippen LogP contribution in [0.1, 0.15) is 97.1 Å². The van der Waals surface area contributed by atoms with Gasteiger partial charge >= 0.3 is 7.82 Å². The highest BCUT2D eigenvalue weighted by Gasteiger charge is 2.53. The first-order valence-corrected chi connectivity index (χ1v) is 16.7. The van der Waals surface area contributed by atoms with Gasteiger partial charge in [0.2, 0.25) is 0 Å². The molecule has 6 atom stereocenters. The third-order valence-corrected chi connectivity index (χ3v) is 8.45. The Hall–Kier alpha value is -0.990. The van der Waals surface area contributed by atoms with Gasteiger partial charge in [-0.1, -0.05) is 77.6 Å². The van der Waals surface area contributed by atoms with Gasteiger partial charge in [-0.3, -0.25) is 23.4 Å². The molecule has 2 heterocycles. The normalized spacial score (nSPS) is 24.9. The minimum Gasteiger partial charge on any atom is -0.387 e. The lowest BCUT2D eigenvalue weighted by Gasteiger charge is -2.27. The Morgan fingerprint density at radius 1 is 1.10 bits per heavy atom. The summed E-state index contributed by atoms with van der Waals surface area (Å²) in [6.07, 6.45) is 12.6. The van der Waals surface area contributed by atoms with Crippen molar-refractivity contribution in [3.05, 3.63) is 27.4 Å². The fourth-order valence-electron chi connectivity index (χ4n) is 4.71. The predicted molar refractivity (Wildman–Crippen MR) is 158 cm³/mol. The van der Waals surface area contributed by atoms with Gasteiger partial charge in [-0.25, -0.2) is 4.57 Å². The van der Waals surface area contributed by atoms with Gasteiger partial charge in [0.1, 0.15) is 17.8 Å². The van der Waals surface area contributed by atoms with Gasteiger partial charge < -0.3 is 30.3 Å². The van der Waals surface area contributed by atoms with Crippen molar-refractivity contribution in [3.63, 3.8) is 0 Å². The first-order valence-electron chi connectivity index (χ1n) is 14.8. The highest BCUT2D eigenvalue weighted by molar-refractivity contribution is 7.71. The summed E-state index contributed by atoms with van der Waals surface area (Å²) in [6.45, 7) is 3.47. The summed E-state index contributed by atoms with van der Waals surface area (Å²) < 4.78 is 34.8. The number of aliphatic hydroxyl groups is 2. The summed E-state index contributed by atoms with van der Waals surface area (Å²) in [6, 6.07) is 0.560. The number of nitrogens with one attached hydrogen (secondary N) is 1. The number of phosphoric acid groups is 1. The summed E-state index contributed by atoms with van der Waals surface area (Å²) in [4.78, 5) is 23.9. The molecule has 1 aliphatic heterocycles. The van der Waals surface area contributed by atoms with Gasteiger partial charge in [-0.2, -0.15) is 0 Å². The molecule has 0 bridgehead atoms. The zero-order valence-corrected chi connectivity index (χ0v) is 26.2. The number of phosphoric ester groups is 1. The summed E-state index contributed by atoms with van der Waals surface area (Å²) in [5.41, 5.74) is 3.67. The van der Waals surface area contributed by atoms with Gasteiger partial charge in [-0.05, 0) is 25.6 Å². The molecule has 6 N–H and O–H groups in total. The molecule has 1 aromatic rings. The number of nitrogens with zero attached hydrogens (tertiary/aromatic N) is 1. The summed E-state index contributed by atoms with van der Waals surface area (Å²) in [5.74, 6) is 0. The molecule has 2 unspecified atom stereocenters. The van der Waals surface area contributed by atoms with Crippen molar-refractivity contribution in [2.75, 3.05) is 26.4 Å².